The van der Waals surface area contributed by atoms with Crippen molar-refractivity contribution in [2.45, 2.75) is 19.0 Å². The van der Waals surface area contributed by atoms with Gasteiger partial charge in [-0.2, -0.15) is 13.2 Å². The van der Waals surface area contributed by atoms with E-state index in [1.54, 1.807) is 0 Å². The Hall–Kier alpha value is -2.19. The second-order valence-corrected chi connectivity index (χ2v) is 5.03. The first kappa shape index (κ1) is 16.2. The molecule has 0 bridgehead atoms. The van der Waals surface area contributed by atoms with E-state index in [0.29, 0.717) is 19.4 Å². The lowest BCUT2D eigenvalue weighted by molar-refractivity contribution is -0.186. The second-order valence-electron chi connectivity index (χ2n) is 5.03. The van der Waals surface area contributed by atoms with Gasteiger partial charge < -0.3 is 10.2 Å². The number of hydrogen-bond donors (Lipinski definition) is 1. The summed E-state index contributed by atoms with van der Waals surface area (Å²) in [5.74, 6) is -2.13. The number of hydrogen-bond acceptors (Lipinski definition) is 4. The van der Waals surface area contributed by atoms with Gasteiger partial charge in [-0.15, -0.1) is 0 Å². The Kier molecular flexibility index (Phi) is 4.94. The van der Waals surface area contributed by atoms with Crippen molar-refractivity contribution in [2.24, 2.45) is 5.92 Å². The highest BCUT2D eigenvalue weighted by Crippen LogP contribution is 2.23. The Balaban J connectivity index is 1.76. The molecule has 6 nitrogen and oxygen atoms in total. The third-order valence-corrected chi connectivity index (χ3v) is 3.49. The number of nitrogens with zero attached hydrogens (tertiary/aromatic N) is 3. The molecular weight excluding hydrogens is 301 g/mol. The van der Waals surface area contributed by atoms with Gasteiger partial charge in [-0.25, -0.2) is 4.98 Å². The highest BCUT2D eigenvalue weighted by molar-refractivity contribution is 5.91. The van der Waals surface area contributed by atoms with E-state index in [4.69, 9.17) is 0 Å². The van der Waals surface area contributed by atoms with Crippen LogP contribution < -0.4 is 5.32 Å². The van der Waals surface area contributed by atoms with Crippen molar-refractivity contribution >= 4 is 11.8 Å². The Morgan fingerprint density at radius 3 is 2.50 bits per heavy atom. The maximum absolute atomic E-state index is 12.3. The van der Waals surface area contributed by atoms with Crippen LogP contribution in [0.2, 0.25) is 0 Å². The van der Waals surface area contributed by atoms with E-state index in [9.17, 15) is 22.8 Å². The zero-order valence-electron chi connectivity index (χ0n) is 11.6. The maximum Gasteiger partial charge on any atom is 0.471 e. The summed E-state index contributed by atoms with van der Waals surface area (Å²) in [6.45, 7) is 0.428. The Morgan fingerprint density at radius 1 is 1.27 bits per heavy atom. The fourth-order valence-electron chi connectivity index (χ4n) is 2.26. The number of piperidine rings is 1. The molecule has 1 fully saturated rings. The van der Waals surface area contributed by atoms with Crippen LogP contribution in [0.25, 0.3) is 0 Å². The maximum atomic E-state index is 12.3. The SMILES string of the molecule is O=C(NCC1CCN(C(=O)C(F)(F)F)CC1)c1cnccn1. The second kappa shape index (κ2) is 6.71. The van der Waals surface area contributed by atoms with E-state index in [-0.39, 0.29) is 30.6 Å². The van der Waals surface area contributed by atoms with Crippen molar-refractivity contribution in [1.29, 1.82) is 0 Å². The van der Waals surface area contributed by atoms with Crippen LogP contribution in [0.3, 0.4) is 0 Å². The minimum atomic E-state index is -4.83. The molecule has 0 spiro atoms. The summed E-state index contributed by atoms with van der Waals surface area (Å²) in [5.41, 5.74) is 0.187. The summed E-state index contributed by atoms with van der Waals surface area (Å²) in [6.07, 6.45) is 0.193. The fourth-order valence-corrected chi connectivity index (χ4v) is 2.26. The first-order chi connectivity index (χ1) is 10.4. The van der Waals surface area contributed by atoms with Gasteiger partial charge in [-0.3, -0.25) is 14.6 Å². The molecule has 120 valence electrons. The van der Waals surface area contributed by atoms with E-state index in [1.165, 1.54) is 18.6 Å². The molecule has 0 atom stereocenters. The first-order valence-electron chi connectivity index (χ1n) is 6.78. The average Bonchev–Trinajstić information content (AvgIpc) is 2.52. The van der Waals surface area contributed by atoms with Crippen molar-refractivity contribution < 1.29 is 22.8 Å². The molecule has 2 heterocycles. The standard InChI is InChI=1S/C13H15F3N4O2/c14-13(15,16)12(22)20-5-1-9(2-6-20)7-19-11(21)10-8-17-3-4-18-10/h3-4,8-9H,1-2,5-7H2,(H,19,21). The van der Waals surface area contributed by atoms with Crippen molar-refractivity contribution in [3.63, 3.8) is 0 Å². The lowest BCUT2D eigenvalue weighted by Gasteiger charge is -2.32. The van der Waals surface area contributed by atoms with Crippen LogP contribution in [0.15, 0.2) is 18.6 Å². The molecule has 0 saturated carbocycles. The number of alkyl halides is 3. The molecule has 1 N–H and O–H groups in total. The van der Waals surface area contributed by atoms with Crippen LogP contribution in [-0.2, 0) is 4.79 Å². The minimum Gasteiger partial charge on any atom is -0.350 e. The predicted octanol–water partition coefficient (Wildman–Crippen LogP) is 1.01. The third kappa shape index (κ3) is 4.15. The van der Waals surface area contributed by atoms with E-state index in [1.807, 2.05) is 0 Å². The van der Waals surface area contributed by atoms with Crippen LogP contribution in [0.5, 0.6) is 0 Å². The summed E-state index contributed by atoms with van der Waals surface area (Å²) < 4.78 is 36.9. The molecule has 0 aliphatic carbocycles. The van der Waals surface area contributed by atoms with Gasteiger partial charge in [-0.05, 0) is 18.8 Å². The molecule has 1 aliphatic rings. The number of halogens is 3. The van der Waals surface area contributed by atoms with Gasteiger partial charge >= 0.3 is 12.1 Å². The zero-order valence-corrected chi connectivity index (χ0v) is 11.6. The monoisotopic (exact) mass is 316 g/mol. The molecule has 1 saturated heterocycles. The molecule has 2 rings (SSSR count). The summed E-state index contributed by atoms with van der Waals surface area (Å²) >= 11 is 0. The smallest absolute Gasteiger partial charge is 0.350 e. The molecule has 2 amide bonds. The number of carbonyl (C=O) groups is 2. The molecule has 0 unspecified atom stereocenters. The number of carbonyl (C=O) groups excluding carboxylic acids is 2. The van der Waals surface area contributed by atoms with E-state index in [0.717, 1.165) is 4.90 Å². The first-order valence-corrected chi connectivity index (χ1v) is 6.78. The number of aromatic nitrogens is 2. The van der Waals surface area contributed by atoms with E-state index in [2.05, 4.69) is 15.3 Å². The van der Waals surface area contributed by atoms with Crippen LogP contribution in [-0.4, -0.2) is 52.5 Å². The van der Waals surface area contributed by atoms with Crippen LogP contribution in [0, 0.1) is 5.92 Å². The van der Waals surface area contributed by atoms with Gasteiger partial charge in [-0.1, -0.05) is 0 Å². The van der Waals surface area contributed by atoms with Crippen molar-refractivity contribution in [3.05, 3.63) is 24.3 Å². The van der Waals surface area contributed by atoms with Gasteiger partial charge in [0.1, 0.15) is 5.69 Å². The normalized spacial score (nSPS) is 16.4. The summed E-state index contributed by atoms with van der Waals surface area (Å²) in [7, 11) is 0. The lowest BCUT2D eigenvalue weighted by atomic mass is 9.96. The Morgan fingerprint density at radius 2 is 1.95 bits per heavy atom. The molecule has 0 radical (unpaired) electrons. The van der Waals surface area contributed by atoms with Crippen molar-refractivity contribution in [2.75, 3.05) is 19.6 Å². The van der Waals surface area contributed by atoms with Crippen LogP contribution in [0.4, 0.5) is 13.2 Å². The fraction of sp³-hybridized carbons (Fsp3) is 0.538. The highest BCUT2D eigenvalue weighted by atomic mass is 19.4. The van der Waals surface area contributed by atoms with E-state index >= 15 is 0 Å². The molecular formula is C13H15F3N4O2. The molecule has 9 heteroatoms. The van der Waals surface area contributed by atoms with Gasteiger partial charge in [0.25, 0.3) is 5.91 Å². The topological polar surface area (TPSA) is 75.2 Å². The van der Waals surface area contributed by atoms with E-state index < -0.39 is 12.1 Å². The van der Waals surface area contributed by atoms with Crippen LogP contribution in [0.1, 0.15) is 23.3 Å². The molecule has 1 aliphatic heterocycles. The third-order valence-electron chi connectivity index (χ3n) is 3.49. The van der Waals surface area contributed by atoms with Gasteiger partial charge in [0.05, 0.1) is 6.20 Å². The quantitative estimate of drug-likeness (QED) is 0.903. The highest BCUT2D eigenvalue weighted by Gasteiger charge is 2.43. The Bertz CT molecular complexity index is 528. The number of likely N-dealkylation sites (tertiary alicyclic amines) is 1. The molecule has 22 heavy (non-hydrogen) atoms. The number of nitrogens with one attached hydrogen (secondary N) is 1. The number of rotatable bonds is 3. The molecule has 0 aromatic carbocycles. The van der Waals surface area contributed by atoms with Gasteiger partial charge in [0.2, 0.25) is 0 Å². The molecule has 1 aromatic heterocycles. The van der Waals surface area contributed by atoms with Crippen molar-refractivity contribution in [3.8, 4) is 0 Å². The largest absolute Gasteiger partial charge is 0.471 e. The predicted molar refractivity (Wildman–Crippen MR) is 69.7 cm³/mol. The minimum absolute atomic E-state index is 0.0397. The average molecular weight is 316 g/mol. The van der Waals surface area contributed by atoms with Crippen molar-refractivity contribution in [1.82, 2.24) is 20.2 Å². The Labute approximate surface area is 124 Å². The lowest BCUT2D eigenvalue weighted by Crippen LogP contribution is -2.46. The summed E-state index contributed by atoms with van der Waals surface area (Å²) in [5, 5.41) is 2.68. The summed E-state index contributed by atoms with van der Waals surface area (Å²) in [4.78, 5) is 31.3. The van der Waals surface area contributed by atoms with Gasteiger partial charge in [0, 0.05) is 32.0 Å². The number of amides is 2. The zero-order chi connectivity index (χ0) is 16.2. The summed E-state index contributed by atoms with van der Waals surface area (Å²) in [6, 6.07) is 0. The van der Waals surface area contributed by atoms with Gasteiger partial charge in [0.15, 0.2) is 0 Å². The molecule has 1 aromatic rings. The van der Waals surface area contributed by atoms with Crippen LogP contribution >= 0.6 is 0 Å².